The number of hydrogen-bond donors (Lipinski definition) is 3. The molecule has 1 aromatic rings. The summed E-state index contributed by atoms with van der Waals surface area (Å²) in [7, 11) is 0. The number of aromatic hydroxyl groups is 1. The Balaban J connectivity index is 3.03. The van der Waals surface area contributed by atoms with Gasteiger partial charge in [-0.25, -0.2) is 0 Å². The van der Waals surface area contributed by atoms with E-state index >= 15 is 0 Å². The fourth-order valence-electron chi connectivity index (χ4n) is 0.955. The molecule has 0 spiro atoms. The number of halogens is 3. The molecule has 0 bridgehead atoms. The lowest BCUT2D eigenvalue weighted by Gasteiger charge is -2.16. The lowest BCUT2D eigenvalue weighted by molar-refractivity contribution is -0.149. The Morgan fingerprint density at radius 1 is 1.29 bits per heavy atom. The summed E-state index contributed by atoms with van der Waals surface area (Å²) in [4.78, 5) is 0. The van der Waals surface area contributed by atoms with Gasteiger partial charge in [-0.1, -0.05) is 6.07 Å². The summed E-state index contributed by atoms with van der Waals surface area (Å²) in [5, 5.41) is 8.98. The molecular weight excluding hydrogens is 197 g/mol. The summed E-state index contributed by atoms with van der Waals surface area (Å²) in [5.41, 5.74) is 9.86. The second-order valence-electron chi connectivity index (χ2n) is 2.84. The molecule has 0 aromatic heterocycles. The zero-order valence-corrected chi connectivity index (χ0v) is 7.05. The van der Waals surface area contributed by atoms with Gasteiger partial charge in [-0.2, -0.15) is 13.2 Å². The van der Waals surface area contributed by atoms with E-state index in [1.54, 1.807) is 0 Å². The van der Waals surface area contributed by atoms with Crippen molar-refractivity contribution in [2.24, 2.45) is 5.73 Å². The van der Waals surface area contributed by atoms with Crippen LogP contribution in [0.3, 0.4) is 0 Å². The lowest BCUT2D eigenvalue weighted by atomic mass is 10.1. The maximum Gasteiger partial charge on any atom is 0.407 e. The SMILES string of the molecule is Nc1cc([C@H](N)C(F)(F)F)ccc1O. The van der Waals surface area contributed by atoms with Crippen molar-refractivity contribution in [2.75, 3.05) is 5.73 Å². The molecule has 0 fully saturated rings. The number of phenolic OH excluding ortho intramolecular Hbond substituents is 1. The van der Waals surface area contributed by atoms with Crippen LogP contribution in [0.2, 0.25) is 0 Å². The number of hydrogen-bond acceptors (Lipinski definition) is 3. The van der Waals surface area contributed by atoms with Crippen molar-refractivity contribution in [3.8, 4) is 5.75 Å². The van der Waals surface area contributed by atoms with Crippen LogP contribution in [0.25, 0.3) is 0 Å². The molecule has 6 heteroatoms. The van der Waals surface area contributed by atoms with Crippen LogP contribution in [0.5, 0.6) is 5.75 Å². The summed E-state index contributed by atoms with van der Waals surface area (Å²) < 4.78 is 36.4. The Morgan fingerprint density at radius 3 is 2.29 bits per heavy atom. The second-order valence-corrected chi connectivity index (χ2v) is 2.84. The molecule has 0 saturated heterocycles. The van der Waals surface area contributed by atoms with Crippen molar-refractivity contribution >= 4 is 5.69 Å². The van der Waals surface area contributed by atoms with E-state index in [0.717, 1.165) is 18.2 Å². The van der Waals surface area contributed by atoms with E-state index in [2.05, 4.69) is 0 Å². The highest BCUT2D eigenvalue weighted by atomic mass is 19.4. The number of alkyl halides is 3. The minimum atomic E-state index is -4.51. The molecule has 0 aliphatic heterocycles. The highest BCUT2D eigenvalue weighted by Crippen LogP contribution is 2.32. The second kappa shape index (κ2) is 3.38. The topological polar surface area (TPSA) is 72.3 Å². The van der Waals surface area contributed by atoms with E-state index in [1.165, 1.54) is 0 Å². The molecule has 1 atom stereocenters. The lowest BCUT2D eigenvalue weighted by Crippen LogP contribution is -2.28. The molecule has 0 unspecified atom stereocenters. The predicted molar refractivity (Wildman–Crippen MR) is 45.5 cm³/mol. The molecular formula is C8H9F3N2O. The van der Waals surface area contributed by atoms with Crippen LogP contribution < -0.4 is 11.5 Å². The molecule has 0 amide bonds. The molecule has 5 N–H and O–H groups in total. The Labute approximate surface area is 78.1 Å². The number of anilines is 1. The zero-order valence-electron chi connectivity index (χ0n) is 7.05. The van der Waals surface area contributed by atoms with Gasteiger partial charge in [0, 0.05) is 0 Å². The number of phenols is 1. The van der Waals surface area contributed by atoms with Crippen molar-refractivity contribution in [3.63, 3.8) is 0 Å². The van der Waals surface area contributed by atoms with Crippen molar-refractivity contribution in [1.29, 1.82) is 0 Å². The first kappa shape index (κ1) is 10.6. The van der Waals surface area contributed by atoms with E-state index in [0.29, 0.717) is 0 Å². The first-order chi connectivity index (χ1) is 6.32. The largest absolute Gasteiger partial charge is 0.506 e. The molecule has 0 heterocycles. The smallest absolute Gasteiger partial charge is 0.407 e. The van der Waals surface area contributed by atoms with Crippen molar-refractivity contribution in [1.82, 2.24) is 0 Å². The zero-order chi connectivity index (χ0) is 10.9. The Hall–Kier alpha value is -1.43. The van der Waals surface area contributed by atoms with Gasteiger partial charge in [-0.15, -0.1) is 0 Å². The van der Waals surface area contributed by atoms with Crippen LogP contribution in [0, 0.1) is 0 Å². The highest BCUT2D eigenvalue weighted by Gasteiger charge is 2.37. The van der Waals surface area contributed by atoms with Crippen LogP contribution in [-0.2, 0) is 0 Å². The average molecular weight is 206 g/mol. The van der Waals surface area contributed by atoms with Gasteiger partial charge in [0.05, 0.1) is 5.69 Å². The monoisotopic (exact) mass is 206 g/mol. The quantitative estimate of drug-likeness (QED) is 0.482. The van der Waals surface area contributed by atoms with Crippen LogP contribution in [0.1, 0.15) is 11.6 Å². The Morgan fingerprint density at radius 2 is 1.86 bits per heavy atom. The van der Waals surface area contributed by atoms with Gasteiger partial charge in [-0.05, 0) is 17.7 Å². The maximum absolute atomic E-state index is 12.1. The molecule has 78 valence electrons. The van der Waals surface area contributed by atoms with Crippen LogP contribution in [0.15, 0.2) is 18.2 Å². The number of nitrogens with two attached hydrogens (primary N) is 2. The van der Waals surface area contributed by atoms with Crippen LogP contribution in [0.4, 0.5) is 18.9 Å². The average Bonchev–Trinajstić information content (AvgIpc) is 2.07. The van der Waals surface area contributed by atoms with Gasteiger partial charge >= 0.3 is 6.18 Å². The molecule has 1 rings (SSSR count). The van der Waals surface area contributed by atoms with Crippen molar-refractivity contribution in [3.05, 3.63) is 23.8 Å². The number of nitrogen functional groups attached to an aromatic ring is 1. The van der Waals surface area contributed by atoms with Crippen molar-refractivity contribution in [2.45, 2.75) is 12.2 Å². The van der Waals surface area contributed by atoms with E-state index in [-0.39, 0.29) is 17.0 Å². The van der Waals surface area contributed by atoms with Crippen molar-refractivity contribution < 1.29 is 18.3 Å². The van der Waals surface area contributed by atoms with Gasteiger partial charge in [0.15, 0.2) is 0 Å². The number of rotatable bonds is 1. The third-order valence-corrected chi connectivity index (χ3v) is 1.76. The normalized spacial score (nSPS) is 14.0. The standard InChI is InChI=1S/C8H9F3N2O/c9-8(10,11)7(13)4-1-2-6(14)5(12)3-4/h1-3,7,14H,12-13H2/t7-/m0/s1. The third-order valence-electron chi connectivity index (χ3n) is 1.76. The Kier molecular flexibility index (Phi) is 2.57. The molecule has 0 aliphatic rings. The first-order valence-corrected chi connectivity index (χ1v) is 3.73. The summed E-state index contributed by atoms with van der Waals surface area (Å²) >= 11 is 0. The van der Waals surface area contributed by atoms with E-state index in [4.69, 9.17) is 16.6 Å². The van der Waals surface area contributed by atoms with E-state index in [9.17, 15) is 13.2 Å². The van der Waals surface area contributed by atoms with Gasteiger partial charge in [0.1, 0.15) is 11.8 Å². The minimum absolute atomic E-state index is 0.123. The number of benzene rings is 1. The summed E-state index contributed by atoms with van der Waals surface area (Å²) in [6.45, 7) is 0. The third kappa shape index (κ3) is 2.08. The van der Waals surface area contributed by atoms with Gasteiger partial charge in [0.2, 0.25) is 0 Å². The highest BCUT2D eigenvalue weighted by molar-refractivity contribution is 5.53. The first-order valence-electron chi connectivity index (χ1n) is 3.73. The van der Waals surface area contributed by atoms with Crippen LogP contribution >= 0.6 is 0 Å². The molecule has 1 aromatic carbocycles. The molecule has 14 heavy (non-hydrogen) atoms. The van der Waals surface area contributed by atoms with E-state index in [1.807, 2.05) is 0 Å². The molecule has 3 nitrogen and oxygen atoms in total. The summed E-state index contributed by atoms with van der Waals surface area (Å²) in [5.74, 6) is -0.261. The van der Waals surface area contributed by atoms with Gasteiger partial charge in [0.25, 0.3) is 0 Å². The molecule has 0 aliphatic carbocycles. The van der Waals surface area contributed by atoms with E-state index < -0.39 is 12.2 Å². The van der Waals surface area contributed by atoms with Gasteiger partial charge in [-0.3, -0.25) is 0 Å². The fraction of sp³-hybridized carbons (Fsp3) is 0.250. The molecule has 0 radical (unpaired) electrons. The fourth-order valence-corrected chi connectivity index (χ4v) is 0.955. The predicted octanol–water partition coefficient (Wildman–Crippen LogP) is 1.54. The molecule has 0 saturated carbocycles. The van der Waals surface area contributed by atoms with Crippen LogP contribution in [-0.4, -0.2) is 11.3 Å². The maximum atomic E-state index is 12.1. The minimum Gasteiger partial charge on any atom is -0.506 e. The van der Waals surface area contributed by atoms with Gasteiger partial charge < -0.3 is 16.6 Å². The summed E-state index contributed by atoms with van der Waals surface area (Å²) in [6, 6.07) is 1.10. The Bertz CT molecular complexity index is 338. The summed E-state index contributed by atoms with van der Waals surface area (Å²) in [6.07, 6.45) is -4.51.